The van der Waals surface area contributed by atoms with Crippen LogP contribution in [0.5, 0.6) is 0 Å². The second kappa shape index (κ2) is 4.77. The molecule has 5 heteroatoms. The largest absolute Gasteiger partial charge is 0.366 e. The number of benzene rings is 1. The quantitative estimate of drug-likeness (QED) is 0.786. The van der Waals surface area contributed by atoms with E-state index < -0.39 is 5.91 Å². The Bertz CT molecular complexity index is 791. The average molecular weight is 266 g/mol. The third-order valence-corrected chi connectivity index (χ3v) is 3.16. The van der Waals surface area contributed by atoms with Gasteiger partial charge < -0.3 is 5.73 Å². The lowest BCUT2D eigenvalue weighted by molar-refractivity contribution is 0.1000. The highest BCUT2D eigenvalue weighted by molar-refractivity contribution is 5.92. The number of pyridine rings is 1. The van der Waals surface area contributed by atoms with E-state index in [9.17, 15) is 4.79 Å². The summed E-state index contributed by atoms with van der Waals surface area (Å²) in [5.41, 5.74) is 8.71. The zero-order chi connectivity index (χ0) is 14.1. The Morgan fingerprint density at radius 3 is 2.90 bits per heavy atom. The molecule has 0 aliphatic rings. The van der Waals surface area contributed by atoms with Gasteiger partial charge in [0.25, 0.3) is 5.91 Å². The van der Waals surface area contributed by atoms with Crippen molar-refractivity contribution in [1.82, 2.24) is 14.8 Å². The number of carbonyl (C=O) groups excluding carboxylic acids is 1. The zero-order valence-electron chi connectivity index (χ0n) is 11.1. The SMILES string of the molecule is Cc1ccc2cc(Cn3cc(C(N)=O)cn3)ccc2n1. The molecule has 20 heavy (non-hydrogen) atoms. The average Bonchev–Trinajstić information content (AvgIpc) is 2.88. The van der Waals surface area contributed by atoms with Crippen molar-refractivity contribution < 1.29 is 4.79 Å². The third kappa shape index (κ3) is 2.38. The molecule has 5 nitrogen and oxygen atoms in total. The van der Waals surface area contributed by atoms with E-state index in [0.29, 0.717) is 12.1 Å². The molecule has 2 aromatic heterocycles. The van der Waals surface area contributed by atoms with Crippen LogP contribution in [0.3, 0.4) is 0 Å². The fourth-order valence-corrected chi connectivity index (χ4v) is 2.14. The minimum Gasteiger partial charge on any atom is -0.366 e. The highest BCUT2D eigenvalue weighted by Gasteiger charge is 2.05. The summed E-state index contributed by atoms with van der Waals surface area (Å²) in [4.78, 5) is 15.5. The van der Waals surface area contributed by atoms with Crippen molar-refractivity contribution in [2.45, 2.75) is 13.5 Å². The summed E-state index contributed by atoms with van der Waals surface area (Å²) in [5.74, 6) is -0.463. The molecule has 0 atom stereocenters. The lowest BCUT2D eigenvalue weighted by atomic mass is 10.1. The minimum atomic E-state index is -0.463. The summed E-state index contributed by atoms with van der Waals surface area (Å²) in [6.07, 6.45) is 3.13. The van der Waals surface area contributed by atoms with Gasteiger partial charge in [-0.25, -0.2) is 0 Å². The predicted molar refractivity (Wildman–Crippen MR) is 76.3 cm³/mol. The molecule has 1 aromatic carbocycles. The summed E-state index contributed by atoms with van der Waals surface area (Å²) in [6.45, 7) is 2.57. The first-order valence-electron chi connectivity index (χ1n) is 6.30. The van der Waals surface area contributed by atoms with E-state index in [1.807, 2.05) is 25.1 Å². The monoisotopic (exact) mass is 266 g/mol. The molecule has 2 N–H and O–H groups in total. The lowest BCUT2D eigenvalue weighted by Gasteiger charge is -2.04. The molecule has 3 rings (SSSR count). The van der Waals surface area contributed by atoms with E-state index in [-0.39, 0.29) is 0 Å². The van der Waals surface area contributed by atoms with Crippen LogP contribution >= 0.6 is 0 Å². The van der Waals surface area contributed by atoms with Gasteiger partial charge in [-0.2, -0.15) is 5.10 Å². The number of amides is 1. The second-order valence-corrected chi connectivity index (χ2v) is 4.77. The third-order valence-electron chi connectivity index (χ3n) is 3.16. The molecule has 2 heterocycles. The zero-order valence-corrected chi connectivity index (χ0v) is 11.1. The molecule has 0 saturated carbocycles. The van der Waals surface area contributed by atoms with Gasteiger partial charge in [-0.1, -0.05) is 12.1 Å². The van der Waals surface area contributed by atoms with Crippen molar-refractivity contribution in [3.05, 3.63) is 59.5 Å². The van der Waals surface area contributed by atoms with E-state index in [1.54, 1.807) is 10.9 Å². The Labute approximate surface area is 116 Å². The fourth-order valence-electron chi connectivity index (χ4n) is 2.14. The van der Waals surface area contributed by atoms with Crippen LogP contribution in [0.25, 0.3) is 10.9 Å². The van der Waals surface area contributed by atoms with Gasteiger partial charge in [0.1, 0.15) is 0 Å². The summed E-state index contributed by atoms with van der Waals surface area (Å²) in [6, 6.07) is 10.1. The molecule has 100 valence electrons. The van der Waals surface area contributed by atoms with E-state index in [2.05, 4.69) is 22.2 Å². The normalized spacial score (nSPS) is 10.8. The van der Waals surface area contributed by atoms with Gasteiger partial charge in [0.15, 0.2) is 0 Å². The summed E-state index contributed by atoms with van der Waals surface area (Å²) < 4.78 is 1.70. The van der Waals surface area contributed by atoms with E-state index >= 15 is 0 Å². The maximum absolute atomic E-state index is 11.0. The number of rotatable bonds is 3. The van der Waals surface area contributed by atoms with Crippen LogP contribution < -0.4 is 5.73 Å². The predicted octanol–water partition coefficient (Wildman–Crippen LogP) is 1.89. The van der Waals surface area contributed by atoms with Crippen LogP contribution in [0.4, 0.5) is 0 Å². The number of nitrogens with two attached hydrogens (primary N) is 1. The molecule has 0 spiro atoms. The molecule has 0 fully saturated rings. The van der Waals surface area contributed by atoms with Crippen molar-refractivity contribution in [2.24, 2.45) is 5.73 Å². The number of fused-ring (bicyclic) bond motifs is 1. The van der Waals surface area contributed by atoms with E-state index in [1.165, 1.54) is 6.20 Å². The summed E-state index contributed by atoms with van der Waals surface area (Å²) in [7, 11) is 0. The van der Waals surface area contributed by atoms with Gasteiger partial charge in [0, 0.05) is 17.3 Å². The van der Waals surface area contributed by atoms with Crippen LogP contribution in [-0.4, -0.2) is 20.7 Å². The number of nitrogens with zero attached hydrogens (tertiary/aromatic N) is 3. The van der Waals surface area contributed by atoms with Crippen LogP contribution in [0, 0.1) is 6.92 Å². The maximum Gasteiger partial charge on any atom is 0.251 e. The highest BCUT2D eigenvalue weighted by atomic mass is 16.1. The topological polar surface area (TPSA) is 73.8 Å². The first-order chi connectivity index (χ1) is 9.61. The van der Waals surface area contributed by atoms with Gasteiger partial charge in [-0.15, -0.1) is 0 Å². The van der Waals surface area contributed by atoms with Gasteiger partial charge in [0.05, 0.1) is 23.8 Å². The lowest BCUT2D eigenvalue weighted by Crippen LogP contribution is -2.09. The minimum absolute atomic E-state index is 0.420. The van der Waals surface area contributed by atoms with Crippen LogP contribution in [0.1, 0.15) is 21.6 Å². The number of aromatic nitrogens is 3. The molecular formula is C15H14N4O. The van der Waals surface area contributed by atoms with E-state index in [0.717, 1.165) is 22.2 Å². The van der Waals surface area contributed by atoms with Crippen molar-refractivity contribution in [3.8, 4) is 0 Å². The maximum atomic E-state index is 11.0. The molecule has 0 radical (unpaired) electrons. The molecule has 1 amide bonds. The van der Waals surface area contributed by atoms with E-state index in [4.69, 9.17) is 5.73 Å². The Kier molecular flexibility index (Phi) is 2.95. The van der Waals surface area contributed by atoms with Gasteiger partial charge in [-0.05, 0) is 30.7 Å². The van der Waals surface area contributed by atoms with Crippen LogP contribution in [0.15, 0.2) is 42.7 Å². The van der Waals surface area contributed by atoms with Crippen LogP contribution in [0.2, 0.25) is 0 Å². The van der Waals surface area contributed by atoms with Crippen LogP contribution in [-0.2, 0) is 6.54 Å². The van der Waals surface area contributed by atoms with Crippen molar-refractivity contribution in [3.63, 3.8) is 0 Å². The molecule has 0 unspecified atom stereocenters. The number of carbonyl (C=O) groups is 1. The molecule has 0 aliphatic heterocycles. The Morgan fingerprint density at radius 2 is 2.15 bits per heavy atom. The number of primary amides is 1. The fraction of sp³-hybridized carbons (Fsp3) is 0.133. The van der Waals surface area contributed by atoms with Crippen molar-refractivity contribution in [1.29, 1.82) is 0 Å². The van der Waals surface area contributed by atoms with Gasteiger partial charge >= 0.3 is 0 Å². The highest BCUT2D eigenvalue weighted by Crippen LogP contribution is 2.15. The second-order valence-electron chi connectivity index (χ2n) is 4.77. The number of hydrogen-bond donors (Lipinski definition) is 1. The smallest absolute Gasteiger partial charge is 0.251 e. The molecule has 3 aromatic rings. The Morgan fingerprint density at radius 1 is 1.30 bits per heavy atom. The number of hydrogen-bond acceptors (Lipinski definition) is 3. The Hall–Kier alpha value is -2.69. The first kappa shape index (κ1) is 12.3. The summed E-state index contributed by atoms with van der Waals surface area (Å²) in [5, 5.41) is 5.22. The summed E-state index contributed by atoms with van der Waals surface area (Å²) >= 11 is 0. The van der Waals surface area contributed by atoms with Gasteiger partial charge in [0.2, 0.25) is 0 Å². The Balaban J connectivity index is 1.90. The number of aryl methyl sites for hydroxylation is 1. The standard InChI is InChI=1S/C15H14N4O/c1-10-2-4-12-6-11(3-5-14(12)18-10)8-19-9-13(7-17-19)15(16)20/h2-7,9H,8H2,1H3,(H2,16,20). The molecule has 0 bridgehead atoms. The molecule has 0 saturated heterocycles. The van der Waals surface area contributed by atoms with Crippen molar-refractivity contribution >= 4 is 16.8 Å². The molecular weight excluding hydrogens is 252 g/mol. The van der Waals surface area contributed by atoms with Gasteiger partial charge in [-0.3, -0.25) is 14.5 Å². The molecule has 0 aliphatic carbocycles. The van der Waals surface area contributed by atoms with Crippen molar-refractivity contribution in [2.75, 3.05) is 0 Å². The first-order valence-corrected chi connectivity index (χ1v) is 6.30.